The molecule has 4 nitrogen and oxygen atoms in total. The van der Waals surface area contributed by atoms with Gasteiger partial charge in [0, 0.05) is 18.2 Å². The summed E-state index contributed by atoms with van der Waals surface area (Å²) in [6, 6.07) is 8.39. The largest absolute Gasteiger partial charge is 0.328 e. The topological polar surface area (TPSA) is 67.1 Å². The number of pyridine rings is 1. The van der Waals surface area contributed by atoms with Crippen LogP contribution in [0.5, 0.6) is 0 Å². The van der Waals surface area contributed by atoms with E-state index in [2.05, 4.69) is 15.5 Å². The number of nitriles is 1. The standard InChI is InChI=1S/C14H16N4/c15-9-12-13-3-1-2-8-18(13)14(17-12)10-4-6-11(16)7-5-10/h1-3,8,10-11H,4-7,16H2. The van der Waals surface area contributed by atoms with Gasteiger partial charge in [0.1, 0.15) is 11.9 Å². The zero-order chi connectivity index (χ0) is 12.5. The third-order valence-electron chi connectivity index (χ3n) is 3.82. The van der Waals surface area contributed by atoms with Gasteiger partial charge in [-0.15, -0.1) is 0 Å². The van der Waals surface area contributed by atoms with Gasteiger partial charge in [0.25, 0.3) is 0 Å². The second kappa shape index (κ2) is 4.43. The van der Waals surface area contributed by atoms with Crippen molar-refractivity contribution in [3.8, 4) is 6.07 Å². The molecule has 0 amide bonds. The molecule has 4 heteroatoms. The second-order valence-corrected chi connectivity index (χ2v) is 5.00. The van der Waals surface area contributed by atoms with Crippen LogP contribution in [0.15, 0.2) is 24.4 Å². The van der Waals surface area contributed by atoms with E-state index in [4.69, 9.17) is 11.0 Å². The molecule has 2 aromatic heterocycles. The minimum Gasteiger partial charge on any atom is -0.328 e. The minimum absolute atomic E-state index is 0.336. The van der Waals surface area contributed by atoms with Gasteiger partial charge >= 0.3 is 0 Å². The highest BCUT2D eigenvalue weighted by molar-refractivity contribution is 5.58. The van der Waals surface area contributed by atoms with Crippen LogP contribution in [-0.4, -0.2) is 15.4 Å². The molecule has 0 bridgehead atoms. The molecule has 3 rings (SSSR count). The summed E-state index contributed by atoms with van der Waals surface area (Å²) in [5.74, 6) is 1.45. The number of hydrogen-bond donors (Lipinski definition) is 1. The lowest BCUT2D eigenvalue weighted by Gasteiger charge is -2.25. The summed E-state index contributed by atoms with van der Waals surface area (Å²) < 4.78 is 2.06. The van der Waals surface area contributed by atoms with Gasteiger partial charge in [-0.25, -0.2) is 4.98 Å². The van der Waals surface area contributed by atoms with Gasteiger partial charge in [-0.05, 0) is 37.8 Å². The highest BCUT2D eigenvalue weighted by Gasteiger charge is 2.24. The van der Waals surface area contributed by atoms with Crippen LogP contribution in [0.1, 0.15) is 43.1 Å². The zero-order valence-electron chi connectivity index (χ0n) is 10.2. The summed E-state index contributed by atoms with van der Waals surface area (Å²) >= 11 is 0. The van der Waals surface area contributed by atoms with Crippen molar-refractivity contribution in [2.24, 2.45) is 5.73 Å². The molecule has 2 aromatic rings. The molecule has 0 atom stereocenters. The summed E-state index contributed by atoms with van der Waals surface area (Å²) in [5.41, 5.74) is 7.37. The molecule has 0 unspecified atom stereocenters. The van der Waals surface area contributed by atoms with Crippen LogP contribution in [-0.2, 0) is 0 Å². The fourth-order valence-electron chi connectivity index (χ4n) is 2.81. The van der Waals surface area contributed by atoms with Crippen molar-refractivity contribution in [2.75, 3.05) is 0 Å². The molecule has 1 aliphatic carbocycles. The number of hydrogen-bond acceptors (Lipinski definition) is 3. The monoisotopic (exact) mass is 240 g/mol. The number of nitrogens with two attached hydrogens (primary N) is 1. The molecule has 0 saturated heterocycles. The Balaban J connectivity index is 2.04. The van der Waals surface area contributed by atoms with Crippen molar-refractivity contribution < 1.29 is 0 Å². The first kappa shape index (κ1) is 11.2. The summed E-state index contributed by atoms with van der Waals surface area (Å²) in [5, 5.41) is 9.14. The third kappa shape index (κ3) is 1.77. The van der Waals surface area contributed by atoms with E-state index in [1.54, 1.807) is 0 Å². The molecule has 2 heterocycles. The molecule has 0 spiro atoms. The van der Waals surface area contributed by atoms with E-state index in [9.17, 15) is 0 Å². The predicted octanol–water partition coefficient (Wildman–Crippen LogP) is 2.19. The first-order valence-electron chi connectivity index (χ1n) is 6.42. The molecular formula is C14H16N4. The smallest absolute Gasteiger partial charge is 0.166 e. The van der Waals surface area contributed by atoms with Crippen LogP contribution >= 0.6 is 0 Å². The highest BCUT2D eigenvalue weighted by atomic mass is 15.0. The second-order valence-electron chi connectivity index (χ2n) is 5.00. The van der Waals surface area contributed by atoms with E-state index in [1.165, 1.54) is 0 Å². The maximum absolute atomic E-state index is 9.14. The van der Waals surface area contributed by atoms with Gasteiger partial charge in [-0.1, -0.05) is 6.07 Å². The van der Waals surface area contributed by atoms with E-state index < -0.39 is 0 Å². The molecule has 1 saturated carbocycles. The van der Waals surface area contributed by atoms with Crippen molar-refractivity contribution in [3.05, 3.63) is 35.9 Å². The van der Waals surface area contributed by atoms with Crippen molar-refractivity contribution >= 4 is 5.52 Å². The first-order valence-corrected chi connectivity index (χ1v) is 6.42. The molecule has 1 fully saturated rings. The zero-order valence-corrected chi connectivity index (χ0v) is 10.2. The first-order chi connectivity index (χ1) is 8.79. The van der Waals surface area contributed by atoms with Gasteiger partial charge in [-0.3, -0.25) is 0 Å². The molecule has 0 aromatic carbocycles. The van der Waals surface area contributed by atoms with Crippen molar-refractivity contribution in [2.45, 2.75) is 37.6 Å². The van der Waals surface area contributed by atoms with E-state index in [1.807, 2.05) is 24.4 Å². The lowest BCUT2D eigenvalue weighted by atomic mass is 9.86. The van der Waals surface area contributed by atoms with Crippen LogP contribution in [0.3, 0.4) is 0 Å². The maximum Gasteiger partial charge on any atom is 0.166 e. The van der Waals surface area contributed by atoms with Crippen LogP contribution in [0.25, 0.3) is 5.52 Å². The van der Waals surface area contributed by atoms with Crippen LogP contribution in [0, 0.1) is 11.3 Å². The van der Waals surface area contributed by atoms with Crippen LogP contribution in [0.4, 0.5) is 0 Å². The van der Waals surface area contributed by atoms with Crippen molar-refractivity contribution in [1.29, 1.82) is 5.26 Å². The third-order valence-corrected chi connectivity index (χ3v) is 3.82. The molecular weight excluding hydrogens is 224 g/mol. The molecule has 2 N–H and O–H groups in total. The number of fused-ring (bicyclic) bond motifs is 1. The molecule has 92 valence electrons. The Morgan fingerprint density at radius 3 is 2.78 bits per heavy atom. The molecule has 1 aliphatic rings. The Morgan fingerprint density at radius 2 is 2.06 bits per heavy atom. The Hall–Kier alpha value is -1.86. The lowest BCUT2D eigenvalue weighted by molar-refractivity contribution is 0.384. The summed E-state index contributed by atoms with van der Waals surface area (Å²) in [6.07, 6.45) is 6.23. The van der Waals surface area contributed by atoms with Gasteiger partial charge in [0.2, 0.25) is 0 Å². The highest BCUT2D eigenvalue weighted by Crippen LogP contribution is 2.32. The van der Waals surface area contributed by atoms with E-state index >= 15 is 0 Å². The Morgan fingerprint density at radius 1 is 1.28 bits per heavy atom. The Kier molecular flexibility index (Phi) is 2.77. The molecule has 0 aliphatic heterocycles. The average Bonchev–Trinajstić information content (AvgIpc) is 2.79. The van der Waals surface area contributed by atoms with E-state index in [0.29, 0.717) is 17.7 Å². The van der Waals surface area contributed by atoms with Gasteiger partial charge in [0.15, 0.2) is 5.69 Å². The summed E-state index contributed by atoms with van der Waals surface area (Å²) in [6.45, 7) is 0. The molecule has 0 radical (unpaired) electrons. The Bertz CT molecular complexity index is 600. The maximum atomic E-state index is 9.14. The van der Waals surface area contributed by atoms with Crippen LogP contribution < -0.4 is 5.73 Å². The summed E-state index contributed by atoms with van der Waals surface area (Å²) in [4.78, 5) is 4.52. The van der Waals surface area contributed by atoms with E-state index in [-0.39, 0.29) is 0 Å². The fourth-order valence-corrected chi connectivity index (χ4v) is 2.81. The minimum atomic E-state index is 0.336. The van der Waals surface area contributed by atoms with Gasteiger partial charge in [0.05, 0.1) is 5.52 Å². The van der Waals surface area contributed by atoms with Crippen molar-refractivity contribution in [1.82, 2.24) is 9.38 Å². The SMILES string of the molecule is N#Cc1nc(C2CCC(N)CC2)n2ccccc12. The Labute approximate surface area is 106 Å². The number of imidazole rings is 1. The van der Waals surface area contributed by atoms with E-state index in [0.717, 1.165) is 37.0 Å². The van der Waals surface area contributed by atoms with Gasteiger partial charge in [-0.2, -0.15) is 5.26 Å². The number of nitrogens with zero attached hydrogens (tertiary/aromatic N) is 3. The van der Waals surface area contributed by atoms with Crippen molar-refractivity contribution in [3.63, 3.8) is 0 Å². The summed E-state index contributed by atoms with van der Waals surface area (Å²) in [7, 11) is 0. The average molecular weight is 240 g/mol. The lowest BCUT2D eigenvalue weighted by Crippen LogP contribution is -2.26. The fraction of sp³-hybridized carbons (Fsp3) is 0.429. The number of rotatable bonds is 1. The molecule has 18 heavy (non-hydrogen) atoms. The van der Waals surface area contributed by atoms with Crippen LogP contribution in [0.2, 0.25) is 0 Å². The number of aromatic nitrogens is 2. The predicted molar refractivity (Wildman–Crippen MR) is 69.1 cm³/mol. The van der Waals surface area contributed by atoms with Gasteiger partial charge < -0.3 is 10.1 Å². The quantitative estimate of drug-likeness (QED) is 0.830. The normalized spacial score (nSPS) is 24.0.